The van der Waals surface area contributed by atoms with Gasteiger partial charge >= 0.3 is 0 Å². The smallest absolute Gasteiger partial charge is 0.243 e. The number of carbonyl (C=O) groups is 2. The Morgan fingerprint density at radius 2 is 2.00 bits per heavy atom. The summed E-state index contributed by atoms with van der Waals surface area (Å²) in [5.41, 5.74) is 3.32. The van der Waals surface area contributed by atoms with Crippen LogP contribution in [0, 0.1) is 0 Å². The SMILES string of the molecule is CC(=O)N(C)CC(=O)Nc1ccc(N2CCc3sccc3C2)cc1. The van der Waals surface area contributed by atoms with Crippen molar-refractivity contribution in [3.63, 3.8) is 0 Å². The lowest BCUT2D eigenvalue weighted by Gasteiger charge is -2.29. The number of hydrogen-bond acceptors (Lipinski definition) is 4. The van der Waals surface area contributed by atoms with Crippen LogP contribution in [-0.2, 0) is 22.6 Å². The van der Waals surface area contributed by atoms with E-state index in [9.17, 15) is 9.59 Å². The average Bonchev–Trinajstić information content (AvgIpc) is 3.02. The maximum Gasteiger partial charge on any atom is 0.243 e. The predicted molar refractivity (Wildman–Crippen MR) is 97.5 cm³/mol. The number of anilines is 2. The van der Waals surface area contributed by atoms with Gasteiger partial charge in [0.25, 0.3) is 0 Å². The van der Waals surface area contributed by atoms with Gasteiger partial charge in [-0.25, -0.2) is 0 Å². The molecule has 1 aromatic carbocycles. The van der Waals surface area contributed by atoms with E-state index < -0.39 is 0 Å². The van der Waals surface area contributed by atoms with E-state index in [1.807, 2.05) is 35.6 Å². The second kappa shape index (κ2) is 7.05. The van der Waals surface area contributed by atoms with Crippen molar-refractivity contribution in [2.45, 2.75) is 19.9 Å². The van der Waals surface area contributed by atoms with E-state index in [0.29, 0.717) is 0 Å². The molecule has 6 heteroatoms. The average molecular weight is 343 g/mol. The molecule has 2 amide bonds. The zero-order chi connectivity index (χ0) is 17.1. The van der Waals surface area contributed by atoms with Crippen LogP contribution in [0.4, 0.5) is 11.4 Å². The minimum Gasteiger partial charge on any atom is -0.367 e. The lowest BCUT2D eigenvalue weighted by atomic mass is 10.1. The lowest BCUT2D eigenvalue weighted by molar-refractivity contribution is -0.131. The molecule has 5 nitrogen and oxygen atoms in total. The molecule has 0 radical (unpaired) electrons. The molecule has 0 fully saturated rings. The third-order valence-electron chi connectivity index (χ3n) is 4.24. The molecule has 0 atom stereocenters. The van der Waals surface area contributed by atoms with Crippen LogP contribution in [0.3, 0.4) is 0 Å². The number of hydrogen-bond donors (Lipinski definition) is 1. The van der Waals surface area contributed by atoms with Crippen molar-refractivity contribution in [2.24, 2.45) is 0 Å². The Kier molecular flexibility index (Phi) is 4.85. The van der Waals surface area contributed by atoms with Gasteiger partial charge in [-0.05, 0) is 47.7 Å². The maximum absolute atomic E-state index is 11.9. The first-order chi connectivity index (χ1) is 11.5. The first kappa shape index (κ1) is 16.5. The number of benzene rings is 1. The molecule has 2 heterocycles. The highest BCUT2D eigenvalue weighted by atomic mass is 32.1. The van der Waals surface area contributed by atoms with Gasteiger partial charge in [-0.15, -0.1) is 11.3 Å². The Balaban J connectivity index is 1.60. The van der Waals surface area contributed by atoms with Crippen molar-refractivity contribution in [1.82, 2.24) is 4.90 Å². The lowest BCUT2D eigenvalue weighted by Crippen LogP contribution is -2.33. The summed E-state index contributed by atoms with van der Waals surface area (Å²) in [7, 11) is 1.61. The molecule has 24 heavy (non-hydrogen) atoms. The van der Waals surface area contributed by atoms with Crippen LogP contribution in [0.2, 0.25) is 0 Å². The van der Waals surface area contributed by atoms with Crippen molar-refractivity contribution in [1.29, 1.82) is 0 Å². The van der Waals surface area contributed by atoms with E-state index in [4.69, 9.17) is 0 Å². The van der Waals surface area contributed by atoms with Crippen molar-refractivity contribution >= 4 is 34.5 Å². The minimum atomic E-state index is -0.193. The van der Waals surface area contributed by atoms with Gasteiger partial charge < -0.3 is 15.1 Å². The molecule has 3 rings (SSSR count). The fourth-order valence-corrected chi connectivity index (χ4v) is 3.64. The second-order valence-corrected chi connectivity index (χ2v) is 7.01. The van der Waals surface area contributed by atoms with Crippen LogP contribution in [0.1, 0.15) is 17.4 Å². The Hall–Kier alpha value is -2.34. The first-order valence-electron chi connectivity index (χ1n) is 7.95. The van der Waals surface area contributed by atoms with E-state index in [1.54, 1.807) is 7.05 Å². The largest absolute Gasteiger partial charge is 0.367 e. The summed E-state index contributed by atoms with van der Waals surface area (Å²) in [4.78, 5) is 28.3. The van der Waals surface area contributed by atoms with E-state index in [-0.39, 0.29) is 18.4 Å². The summed E-state index contributed by atoms with van der Waals surface area (Å²) >= 11 is 1.84. The monoisotopic (exact) mass is 343 g/mol. The van der Waals surface area contributed by atoms with Gasteiger partial charge in [0.1, 0.15) is 0 Å². The normalized spacial score (nSPS) is 13.3. The Morgan fingerprint density at radius 3 is 2.71 bits per heavy atom. The van der Waals surface area contributed by atoms with E-state index >= 15 is 0 Å². The molecule has 0 unspecified atom stereocenters. The van der Waals surface area contributed by atoms with Gasteiger partial charge in [-0.3, -0.25) is 9.59 Å². The number of fused-ring (bicyclic) bond motifs is 1. The molecule has 0 spiro atoms. The first-order valence-corrected chi connectivity index (χ1v) is 8.82. The number of nitrogens with zero attached hydrogens (tertiary/aromatic N) is 2. The van der Waals surface area contributed by atoms with Gasteiger partial charge in [0.15, 0.2) is 0 Å². The summed E-state index contributed by atoms with van der Waals surface area (Å²) in [6.07, 6.45) is 1.09. The molecular formula is C18H21N3O2S. The number of likely N-dealkylation sites (N-methyl/N-ethyl adjacent to an activating group) is 1. The second-order valence-electron chi connectivity index (χ2n) is 6.01. The summed E-state index contributed by atoms with van der Waals surface area (Å²) in [6, 6.07) is 10.1. The zero-order valence-corrected chi connectivity index (χ0v) is 14.7. The quantitative estimate of drug-likeness (QED) is 0.929. The van der Waals surface area contributed by atoms with Gasteiger partial charge in [0, 0.05) is 43.3 Å². The molecule has 0 aliphatic carbocycles. The molecular weight excluding hydrogens is 322 g/mol. The Bertz CT molecular complexity index is 739. The summed E-state index contributed by atoms with van der Waals surface area (Å²) in [5, 5.41) is 4.98. The van der Waals surface area contributed by atoms with Crippen LogP contribution in [0.25, 0.3) is 0 Å². The van der Waals surface area contributed by atoms with E-state index in [2.05, 4.69) is 21.7 Å². The molecule has 0 bridgehead atoms. The van der Waals surface area contributed by atoms with Crippen LogP contribution >= 0.6 is 11.3 Å². The van der Waals surface area contributed by atoms with Gasteiger partial charge in [0.05, 0.1) is 6.54 Å². The van der Waals surface area contributed by atoms with Crippen LogP contribution in [0.5, 0.6) is 0 Å². The van der Waals surface area contributed by atoms with E-state index in [0.717, 1.165) is 30.9 Å². The fraction of sp³-hybridized carbons (Fsp3) is 0.333. The molecule has 1 aliphatic rings. The van der Waals surface area contributed by atoms with Crippen molar-refractivity contribution in [2.75, 3.05) is 30.4 Å². The summed E-state index contributed by atoms with van der Waals surface area (Å²) in [5.74, 6) is -0.320. The third kappa shape index (κ3) is 3.76. The Labute approximate surface area is 145 Å². The molecule has 1 aliphatic heterocycles. The van der Waals surface area contributed by atoms with Crippen LogP contribution in [0.15, 0.2) is 35.7 Å². The van der Waals surface area contributed by atoms with E-state index in [1.165, 1.54) is 22.3 Å². The number of amides is 2. The highest BCUT2D eigenvalue weighted by Crippen LogP contribution is 2.28. The zero-order valence-electron chi connectivity index (χ0n) is 13.9. The van der Waals surface area contributed by atoms with Gasteiger partial charge in [-0.2, -0.15) is 0 Å². The van der Waals surface area contributed by atoms with Crippen LogP contribution in [-0.4, -0.2) is 36.9 Å². The number of carbonyl (C=O) groups excluding carboxylic acids is 2. The van der Waals surface area contributed by atoms with Crippen molar-refractivity contribution in [3.8, 4) is 0 Å². The molecule has 0 saturated heterocycles. The highest BCUT2D eigenvalue weighted by molar-refractivity contribution is 7.10. The third-order valence-corrected chi connectivity index (χ3v) is 5.27. The van der Waals surface area contributed by atoms with Crippen LogP contribution < -0.4 is 10.2 Å². The summed E-state index contributed by atoms with van der Waals surface area (Å²) < 4.78 is 0. The van der Waals surface area contributed by atoms with Gasteiger partial charge in [0.2, 0.25) is 11.8 Å². The molecule has 0 saturated carbocycles. The molecule has 2 aromatic rings. The molecule has 126 valence electrons. The van der Waals surface area contributed by atoms with Gasteiger partial charge in [-0.1, -0.05) is 0 Å². The number of rotatable bonds is 4. The fourth-order valence-electron chi connectivity index (χ4n) is 2.75. The molecule has 1 aromatic heterocycles. The standard InChI is InChI=1S/C18H21N3O2S/c1-13(22)20(2)12-18(23)19-15-3-5-16(6-4-15)21-9-7-17-14(11-21)8-10-24-17/h3-6,8,10H,7,9,11-12H2,1-2H3,(H,19,23). The summed E-state index contributed by atoms with van der Waals surface area (Å²) in [6.45, 7) is 3.46. The number of thiophene rings is 1. The van der Waals surface area contributed by atoms with Crippen molar-refractivity contribution in [3.05, 3.63) is 46.2 Å². The maximum atomic E-state index is 11.9. The predicted octanol–water partition coefficient (Wildman–Crippen LogP) is 2.73. The molecule has 1 N–H and O–H groups in total. The Morgan fingerprint density at radius 1 is 1.25 bits per heavy atom. The van der Waals surface area contributed by atoms with Crippen molar-refractivity contribution < 1.29 is 9.59 Å². The highest BCUT2D eigenvalue weighted by Gasteiger charge is 2.17. The number of nitrogens with one attached hydrogen (secondary N) is 1. The topological polar surface area (TPSA) is 52.7 Å². The minimum absolute atomic E-state index is 0.0597.